The molecule has 2 heterocycles. The molecule has 6 heteroatoms. The summed E-state index contributed by atoms with van der Waals surface area (Å²) in [7, 11) is 0. The summed E-state index contributed by atoms with van der Waals surface area (Å²) >= 11 is 6.15. The van der Waals surface area contributed by atoms with E-state index in [0.29, 0.717) is 17.9 Å². The second-order valence-electron chi connectivity index (χ2n) is 7.18. The van der Waals surface area contributed by atoms with Crippen molar-refractivity contribution in [1.82, 2.24) is 14.7 Å². The number of piperazine rings is 1. The zero-order valence-corrected chi connectivity index (χ0v) is 16.1. The molecule has 1 aromatic carbocycles. The van der Waals surface area contributed by atoms with E-state index in [1.54, 1.807) is 0 Å². The SMILES string of the molecule is O=C(CCN1CCN(C(=O)Cc2ccccc2Cl)CC1)N1CCCCC1. The third-order valence-electron chi connectivity index (χ3n) is 5.38. The van der Waals surface area contributed by atoms with Gasteiger partial charge in [-0.25, -0.2) is 0 Å². The van der Waals surface area contributed by atoms with Crippen molar-refractivity contribution in [2.75, 3.05) is 45.8 Å². The number of amides is 2. The van der Waals surface area contributed by atoms with Crippen LogP contribution in [0.25, 0.3) is 0 Å². The minimum atomic E-state index is 0.127. The van der Waals surface area contributed by atoms with Crippen molar-refractivity contribution < 1.29 is 9.59 Å². The van der Waals surface area contributed by atoms with Gasteiger partial charge in [-0.1, -0.05) is 29.8 Å². The number of hydrogen-bond donors (Lipinski definition) is 0. The van der Waals surface area contributed by atoms with Gasteiger partial charge >= 0.3 is 0 Å². The molecule has 0 atom stereocenters. The smallest absolute Gasteiger partial charge is 0.227 e. The van der Waals surface area contributed by atoms with E-state index >= 15 is 0 Å². The highest BCUT2D eigenvalue weighted by atomic mass is 35.5. The molecule has 1 aromatic rings. The van der Waals surface area contributed by atoms with Crippen LogP contribution in [-0.4, -0.2) is 72.3 Å². The summed E-state index contributed by atoms with van der Waals surface area (Å²) in [5.74, 6) is 0.407. The van der Waals surface area contributed by atoms with E-state index in [1.165, 1.54) is 6.42 Å². The van der Waals surface area contributed by atoms with Crippen molar-refractivity contribution in [3.05, 3.63) is 34.9 Å². The molecule has 2 amide bonds. The fourth-order valence-electron chi connectivity index (χ4n) is 3.69. The van der Waals surface area contributed by atoms with Gasteiger partial charge in [-0.3, -0.25) is 14.5 Å². The number of nitrogens with zero attached hydrogens (tertiary/aromatic N) is 3. The van der Waals surface area contributed by atoms with E-state index in [-0.39, 0.29) is 11.8 Å². The van der Waals surface area contributed by atoms with E-state index in [2.05, 4.69) is 4.90 Å². The van der Waals surface area contributed by atoms with Gasteiger partial charge in [0.25, 0.3) is 0 Å². The number of carbonyl (C=O) groups is 2. The summed E-state index contributed by atoms with van der Waals surface area (Å²) in [6, 6.07) is 7.51. The van der Waals surface area contributed by atoms with E-state index in [0.717, 1.165) is 64.2 Å². The molecule has 2 saturated heterocycles. The summed E-state index contributed by atoms with van der Waals surface area (Å²) in [4.78, 5) is 31.0. The summed E-state index contributed by atoms with van der Waals surface area (Å²) in [5.41, 5.74) is 0.883. The van der Waals surface area contributed by atoms with Gasteiger partial charge in [-0.15, -0.1) is 0 Å². The summed E-state index contributed by atoms with van der Waals surface area (Å²) in [6.07, 6.45) is 4.46. The first kappa shape index (κ1) is 19.2. The van der Waals surface area contributed by atoms with Crippen molar-refractivity contribution in [2.24, 2.45) is 0 Å². The average molecular weight is 378 g/mol. The first-order chi connectivity index (χ1) is 12.6. The molecule has 0 aliphatic carbocycles. The Hall–Kier alpha value is -1.59. The zero-order chi connectivity index (χ0) is 18.4. The van der Waals surface area contributed by atoms with Crippen LogP contribution in [0.15, 0.2) is 24.3 Å². The van der Waals surface area contributed by atoms with Crippen molar-refractivity contribution in [1.29, 1.82) is 0 Å². The molecular formula is C20H28ClN3O2. The molecule has 26 heavy (non-hydrogen) atoms. The fourth-order valence-corrected chi connectivity index (χ4v) is 3.90. The van der Waals surface area contributed by atoms with Crippen molar-refractivity contribution in [3.63, 3.8) is 0 Å². The number of carbonyl (C=O) groups excluding carboxylic acids is 2. The Morgan fingerprint density at radius 3 is 2.19 bits per heavy atom. The van der Waals surface area contributed by atoms with Crippen LogP contribution >= 0.6 is 11.6 Å². The maximum absolute atomic E-state index is 12.5. The average Bonchev–Trinajstić information content (AvgIpc) is 2.69. The van der Waals surface area contributed by atoms with Gasteiger partial charge in [0.05, 0.1) is 6.42 Å². The van der Waals surface area contributed by atoms with Crippen LogP contribution in [0.5, 0.6) is 0 Å². The lowest BCUT2D eigenvalue weighted by molar-refractivity contribution is -0.134. The molecule has 0 radical (unpaired) electrons. The quantitative estimate of drug-likeness (QED) is 0.791. The monoisotopic (exact) mass is 377 g/mol. The molecule has 0 N–H and O–H groups in total. The van der Waals surface area contributed by atoms with Crippen LogP contribution in [0.2, 0.25) is 5.02 Å². The topological polar surface area (TPSA) is 43.9 Å². The van der Waals surface area contributed by atoms with Gasteiger partial charge in [-0.2, -0.15) is 0 Å². The normalized spacial score (nSPS) is 18.8. The Balaban J connectivity index is 1.39. The zero-order valence-electron chi connectivity index (χ0n) is 15.3. The van der Waals surface area contributed by atoms with Crippen LogP contribution in [0.3, 0.4) is 0 Å². The predicted molar refractivity (Wildman–Crippen MR) is 103 cm³/mol. The minimum Gasteiger partial charge on any atom is -0.343 e. The van der Waals surface area contributed by atoms with E-state index in [9.17, 15) is 9.59 Å². The number of benzene rings is 1. The maximum atomic E-state index is 12.5. The van der Waals surface area contributed by atoms with Crippen molar-refractivity contribution in [3.8, 4) is 0 Å². The summed E-state index contributed by atoms with van der Waals surface area (Å²) in [5, 5.41) is 0.649. The van der Waals surface area contributed by atoms with Gasteiger partial charge in [0.2, 0.25) is 11.8 Å². The second-order valence-corrected chi connectivity index (χ2v) is 7.59. The molecule has 0 saturated carbocycles. The number of halogens is 1. The first-order valence-electron chi connectivity index (χ1n) is 9.65. The Labute approximate surface area is 160 Å². The second kappa shape index (κ2) is 9.38. The molecule has 0 unspecified atom stereocenters. The predicted octanol–water partition coefficient (Wildman–Crippen LogP) is 2.43. The largest absolute Gasteiger partial charge is 0.343 e. The van der Waals surface area contributed by atoms with Crippen LogP contribution in [0.4, 0.5) is 0 Å². The van der Waals surface area contributed by atoms with Crippen molar-refractivity contribution in [2.45, 2.75) is 32.1 Å². The molecule has 2 fully saturated rings. The van der Waals surface area contributed by atoms with Gasteiger partial charge < -0.3 is 9.80 Å². The lowest BCUT2D eigenvalue weighted by Gasteiger charge is -2.35. The Bertz CT molecular complexity index is 623. The van der Waals surface area contributed by atoms with E-state index < -0.39 is 0 Å². The summed E-state index contributed by atoms with van der Waals surface area (Å²) < 4.78 is 0. The highest BCUT2D eigenvalue weighted by molar-refractivity contribution is 6.31. The molecule has 2 aliphatic rings. The Kier molecular flexibility index (Phi) is 6.92. The number of hydrogen-bond acceptors (Lipinski definition) is 3. The Morgan fingerprint density at radius 1 is 0.846 bits per heavy atom. The fraction of sp³-hybridized carbons (Fsp3) is 0.600. The van der Waals surface area contributed by atoms with E-state index in [4.69, 9.17) is 11.6 Å². The maximum Gasteiger partial charge on any atom is 0.227 e. The van der Waals surface area contributed by atoms with Gasteiger partial charge in [0.1, 0.15) is 0 Å². The molecule has 0 bridgehead atoms. The number of piperidine rings is 1. The molecule has 2 aliphatic heterocycles. The molecule has 0 aromatic heterocycles. The van der Waals surface area contributed by atoms with Crippen molar-refractivity contribution >= 4 is 23.4 Å². The van der Waals surface area contributed by atoms with Crippen LogP contribution in [-0.2, 0) is 16.0 Å². The molecule has 142 valence electrons. The first-order valence-corrected chi connectivity index (χ1v) is 10.0. The third-order valence-corrected chi connectivity index (χ3v) is 5.74. The van der Waals surface area contributed by atoms with Gasteiger partial charge in [-0.05, 0) is 30.9 Å². The highest BCUT2D eigenvalue weighted by Crippen LogP contribution is 2.17. The lowest BCUT2D eigenvalue weighted by Crippen LogP contribution is -2.50. The van der Waals surface area contributed by atoms with Gasteiger partial charge in [0.15, 0.2) is 0 Å². The summed E-state index contributed by atoms with van der Waals surface area (Å²) in [6.45, 7) is 5.75. The van der Waals surface area contributed by atoms with Crippen LogP contribution in [0.1, 0.15) is 31.2 Å². The molecule has 5 nitrogen and oxygen atoms in total. The lowest BCUT2D eigenvalue weighted by atomic mass is 10.1. The van der Waals surface area contributed by atoms with Crippen LogP contribution in [0, 0.1) is 0 Å². The van der Waals surface area contributed by atoms with Gasteiger partial charge in [0, 0.05) is 57.3 Å². The number of rotatable bonds is 5. The molecule has 0 spiro atoms. The highest BCUT2D eigenvalue weighted by Gasteiger charge is 2.23. The van der Waals surface area contributed by atoms with Crippen LogP contribution < -0.4 is 0 Å². The number of likely N-dealkylation sites (tertiary alicyclic amines) is 1. The third kappa shape index (κ3) is 5.21. The van der Waals surface area contributed by atoms with E-state index in [1.807, 2.05) is 34.1 Å². The Morgan fingerprint density at radius 2 is 1.50 bits per heavy atom. The molecular weight excluding hydrogens is 350 g/mol. The standard InChI is InChI=1S/C20H28ClN3O2/c21-18-7-3-2-6-17(18)16-20(26)24-14-12-22(13-15-24)11-8-19(25)23-9-4-1-5-10-23/h2-3,6-7H,1,4-5,8-16H2. The molecule has 3 rings (SSSR count). The minimum absolute atomic E-state index is 0.127.